The first kappa shape index (κ1) is 13.3. The molecular formula is C13H15N7O. The number of hydrogen-bond donors (Lipinski definition) is 1. The molecule has 1 fully saturated rings. The largest absolute Gasteiger partial charge is 0.309 e. The molecule has 0 spiro atoms. The van der Waals surface area contributed by atoms with Gasteiger partial charge in [0.15, 0.2) is 0 Å². The lowest BCUT2D eigenvalue weighted by molar-refractivity contribution is -0.117. The summed E-state index contributed by atoms with van der Waals surface area (Å²) in [6.07, 6.45) is 7.66. The second-order valence-electron chi connectivity index (χ2n) is 5.03. The molecule has 8 nitrogen and oxygen atoms in total. The van der Waals surface area contributed by atoms with Gasteiger partial charge in [-0.3, -0.25) is 4.79 Å². The number of nitriles is 1. The number of carbonyl (C=O) groups is 1. The van der Waals surface area contributed by atoms with Gasteiger partial charge in [0.2, 0.25) is 5.91 Å². The number of amides is 1. The van der Waals surface area contributed by atoms with Crippen LogP contribution in [-0.4, -0.2) is 30.5 Å². The molecule has 1 N–H and O–H groups in total. The topological polar surface area (TPSA) is 101 Å². The molecule has 1 aliphatic rings. The molecule has 1 saturated carbocycles. The predicted octanol–water partition coefficient (Wildman–Crippen LogP) is 1.10. The van der Waals surface area contributed by atoms with Gasteiger partial charge in [-0.2, -0.15) is 10.4 Å². The summed E-state index contributed by atoms with van der Waals surface area (Å²) in [5.41, 5.74) is 0. The van der Waals surface area contributed by atoms with Crippen molar-refractivity contribution in [1.29, 1.82) is 5.26 Å². The van der Waals surface area contributed by atoms with Crippen molar-refractivity contribution in [2.75, 3.05) is 5.32 Å². The van der Waals surface area contributed by atoms with Crippen molar-refractivity contribution in [2.45, 2.75) is 38.3 Å². The highest BCUT2D eigenvalue weighted by atomic mass is 16.2. The first-order valence-electron chi connectivity index (χ1n) is 6.89. The van der Waals surface area contributed by atoms with Crippen molar-refractivity contribution in [3.8, 4) is 6.07 Å². The van der Waals surface area contributed by atoms with Gasteiger partial charge in [0, 0.05) is 6.07 Å². The van der Waals surface area contributed by atoms with Crippen molar-refractivity contribution in [3.05, 3.63) is 24.4 Å². The van der Waals surface area contributed by atoms with Gasteiger partial charge in [0.25, 0.3) is 5.82 Å². The average molecular weight is 285 g/mol. The first-order valence-corrected chi connectivity index (χ1v) is 6.89. The molecule has 21 heavy (non-hydrogen) atoms. The number of carbonyl (C=O) groups excluding carboxylic acids is 1. The molecule has 0 atom stereocenters. The Balaban J connectivity index is 1.65. The predicted molar refractivity (Wildman–Crippen MR) is 73.1 cm³/mol. The van der Waals surface area contributed by atoms with E-state index < -0.39 is 0 Å². The van der Waals surface area contributed by atoms with Crippen LogP contribution in [0.25, 0.3) is 0 Å². The van der Waals surface area contributed by atoms with Crippen molar-refractivity contribution in [3.63, 3.8) is 0 Å². The van der Waals surface area contributed by atoms with Crippen molar-refractivity contribution >= 4 is 11.7 Å². The van der Waals surface area contributed by atoms with E-state index in [-0.39, 0.29) is 18.3 Å². The summed E-state index contributed by atoms with van der Waals surface area (Å²) >= 11 is 0. The number of aromatic nitrogens is 5. The van der Waals surface area contributed by atoms with Crippen LogP contribution in [0.5, 0.6) is 0 Å². The van der Waals surface area contributed by atoms with Gasteiger partial charge in [0.05, 0.1) is 12.2 Å². The maximum Gasteiger partial charge on any atom is 0.252 e. The first-order chi connectivity index (χ1) is 10.3. The van der Waals surface area contributed by atoms with Crippen LogP contribution in [0, 0.1) is 11.3 Å². The van der Waals surface area contributed by atoms with E-state index in [0.29, 0.717) is 11.9 Å². The van der Waals surface area contributed by atoms with E-state index in [1.807, 2.05) is 10.8 Å². The van der Waals surface area contributed by atoms with Gasteiger partial charge in [-0.05, 0) is 12.8 Å². The Hall–Kier alpha value is -2.69. The molecule has 0 saturated heterocycles. The van der Waals surface area contributed by atoms with Crippen LogP contribution in [0.1, 0.15) is 37.5 Å². The maximum atomic E-state index is 12.0. The van der Waals surface area contributed by atoms with E-state index in [2.05, 4.69) is 20.5 Å². The van der Waals surface area contributed by atoms with Crippen molar-refractivity contribution in [1.82, 2.24) is 24.5 Å². The Morgan fingerprint density at radius 2 is 2.29 bits per heavy atom. The lowest BCUT2D eigenvalue weighted by Gasteiger charge is -2.14. The van der Waals surface area contributed by atoms with Crippen LogP contribution in [0.2, 0.25) is 0 Å². The van der Waals surface area contributed by atoms with E-state index >= 15 is 0 Å². The molecule has 1 amide bonds. The molecule has 0 aromatic carbocycles. The Kier molecular flexibility index (Phi) is 3.64. The smallest absolute Gasteiger partial charge is 0.252 e. The van der Waals surface area contributed by atoms with Gasteiger partial charge in [-0.1, -0.05) is 12.8 Å². The van der Waals surface area contributed by atoms with Crippen LogP contribution in [0.4, 0.5) is 5.82 Å². The Labute approximate surface area is 121 Å². The summed E-state index contributed by atoms with van der Waals surface area (Å²) in [5, 5.41) is 19.6. The molecule has 3 rings (SSSR count). The minimum atomic E-state index is -0.218. The average Bonchev–Trinajstić information content (AvgIpc) is 3.18. The third-order valence-electron chi connectivity index (χ3n) is 3.55. The summed E-state index contributed by atoms with van der Waals surface area (Å²) in [6, 6.07) is 3.98. The van der Waals surface area contributed by atoms with Gasteiger partial charge >= 0.3 is 0 Å². The van der Waals surface area contributed by atoms with E-state index in [9.17, 15) is 4.79 Å². The second kappa shape index (κ2) is 5.75. The SMILES string of the molecule is N#Cc1ncn(CC(=O)Nc2ccnn2C2CCCC2)n1. The van der Waals surface area contributed by atoms with Crippen LogP contribution in [0.3, 0.4) is 0 Å². The second-order valence-corrected chi connectivity index (χ2v) is 5.03. The molecule has 108 valence electrons. The zero-order chi connectivity index (χ0) is 14.7. The fourth-order valence-corrected chi connectivity index (χ4v) is 2.60. The van der Waals surface area contributed by atoms with E-state index in [1.165, 1.54) is 23.9 Å². The number of nitrogens with zero attached hydrogens (tertiary/aromatic N) is 6. The Morgan fingerprint density at radius 3 is 3.00 bits per heavy atom. The molecule has 0 radical (unpaired) electrons. The lowest BCUT2D eigenvalue weighted by atomic mass is 10.2. The molecule has 8 heteroatoms. The summed E-state index contributed by atoms with van der Waals surface area (Å²) in [5.74, 6) is 0.537. The Bertz CT molecular complexity index is 675. The molecule has 1 aliphatic carbocycles. The summed E-state index contributed by atoms with van der Waals surface area (Å²) < 4.78 is 3.22. The number of nitrogens with one attached hydrogen (secondary N) is 1. The highest BCUT2D eigenvalue weighted by molar-refractivity contribution is 5.89. The Morgan fingerprint density at radius 1 is 1.48 bits per heavy atom. The van der Waals surface area contributed by atoms with Crippen LogP contribution < -0.4 is 5.32 Å². The van der Waals surface area contributed by atoms with Crippen molar-refractivity contribution < 1.29 is 4.79 Å². The van der Waals surface area contributed by atoms with Crippen LogP contribution in [0.15, 0.2) is 18.6 Å². The minimum absolute atomic E-state index is 0.0184. The monoisotopic (exact) mass is 285 g/mol. The number of hydrogen-bond acceptors (Lipinski definition) is 5. The maximum absolute atomic E-state index is 12.0. The quantitative estimate of drug-likeness (QED) is 0.906. The molecule has 2 heterocycles. The minimum Gasteiger partial charge on any atom is -0.309 e. The molecule has 0 bridgehead atoms. The van der Waals surface area contributed by atoms with E-state index in [1.54, 1.807) is 12.3 Å². The standard InChI is InChI=1S/C13H15N7O/c14-7-11-15-9-19(18-11)8-13(21)17-12-5-6-16-20(12)10-3-1-2-4-10/h5-6,9-10H,1-4,8H2,(H,17,21). The summed E-state index contributed by atoms with van der Waals surface area (Å²) in [6.45, 7) is 0.0184. The van der Waals surface area contributed by atoms with E-state index in [0.717, 1.165) is 12.8 Å². The highest BCUT2D eigenvalue weighted by Gasteiger charge is 2.20. The van der Waals surface area contributed by atoms with Gasteiger partial charge in [0.1, 0.15) is 24.8 Å². The fraction of sp³-hybridized carbons (Fsp3) is 0.462. The zero-order valence-corrected chi connectivity index (χ0v) is 11.4. The van der Waals surface area contributed by atoms with Gasteiger partial charge in [-0.15, -0.1) is 5.10 Å². The molecule has 0 unspecified atom stereocenters. The van der Waals surface area contributed by atoms with Crippen LogP contribution >= 0.6 is 0 Å². The van der Waals surface area contributed by atoms with Crippen molar-refractivity contribution in [2.24, 2.45) is 0 Å². The third kappa shape index (κ3) is 2.91. The fourth-order valence-electron chi connectivity index (χ4n) is 2.60. The molecule has 2 aromatic rings. The normalized spacial score (nSPS) is 15.0. The molecular weight excluding hydrogens is 270 g/mol. The number of anilines is 1. The molecule has 0 aliphatic heterocycles. The van der Waals surface area contributed by atoms with E-state index in [4.69, 9.17) is 5.26 Å². The summed E-state index contributed by atoms with van der Waals surface area (Å²) in [4.78, 5) is 15.8. The highest BCUT2D eigenvalue weighted by Crippen LogP contribution is 2.31. The number of rotatable bonds is 4. The van der Waals surface area contributed by atoms with Gasteiger partial charge < -0.3 is 5.32 Å². The van der Waals surface area contributed by atoms with Crippen LogP contribution in [-0.2, 0) is 11.3 Å². The van der Waals surface area contributed by atoms with Gasteiger partial charge in [-0.25, -0.2) is 14.3 Å². The lowest BCUT2D eigenvalue weighted by Crippen LogP contribution is -2.22. The third-order valence-corrected chi connectivity index (χ3v) is 3.55. The summed E-state index contributed by atoms with van der Waals surface area (Å²) in [7, 11) is 0. The molecule has 2 aromatic heterocycles. The zero-order valence-electron chi connectivity index (χ0n) is 11.4.